The van der Waals surface area contributed by atoms with Crippen LogP contribution in [-0.2, 0) is 4.79 Å². The van der Waals surface area contributed by atoms with Crippen LogP contribution in [0.2, 0.25) is 0 Å². The Labute approximate surface area is 169 Å². The van der Waals surface area contributed by atoms with Crippen molar-refractivity contribution in [2.24, 2.45) is 0 Å². The van der Waals surface area contributed by atoms with Crippen LogP contribution in [0.25, 0.3) is 11.5 Å². The molecule has 0 unspecified atom stereocenters. The van der Waals surface area contributed by atoms with E-state index < -0.39 is 0 Å². The Hall–Kier alpha value is -3.48. The fourth-order valence-corrected chi connectivity index (χ4v) is 3.38. The monoisotopic (exact) mass is 390 g/mol. The zero-order valence-electron chi connectivity index (χ0n) is 16.0. The van der Waals surface area contributed by atoms with Crippen LogP contribution in [0.15, 0.2) is 65.3 Å². The van der Waals surface area contributed by atoms with Crippen LogP contribution in [0.3, 0.4) is 0 Å². The Morgan fingerprint density at radius 1 is 0.862 bits per heavy atom. The summed E-state index contributed by atoms with van der Waals surface area (Å²) < 4.78 is 5.33. The third-order valence-corrected chi connectivity index (χ3v) is 5.04. The molecule has 0 saturated carbocycles. The maximum Gasteiger partial charge on any atom is 0.223 e. The number of aromatic nitrogens is 2. The molecule has 0 radical (unpaired) electrons. The van der Waals surface area contributed by atoms with Crippen LogP contribution in [0.4, 0.5) is 5.82 Å². The average molecular weight is 390 g/mol. The van der Waals surface area contributed by atoms with Gasteiger partial charge in [-0.15, -0.1) is 10.2 Å². The molecule has 1 aromatic carbocycles. The lowest BCUT2D eigenvalue weighted by molar-refractivity contribution is -0.131. The summed E-state index contributed by atoms with van der Waals surface area (Å²) in [6, 6.07) is 16.6. The first-order valence-electron chi connectivity index (χ1n) is 9.69. The molecule has 1 fully saturated rings. The summed E-state index contributed by atoms with van der Waals surface area (Å²) in [5, 5.41) is 8.51. The molecular formula is C22H22N4O3. The lowest BCUT2D eigenvalue weighted by Gasteiger charge is -2.35. The van der Waals surface area contributed by atoms with E-state index >= 15 is 0 Å². The van der Waals surface area contributed by atoms with Gasteiger partial charge in [-0.2, -0.15) is 0 Å². The van der Waals surface area contributed by atoms with Crippen LogP contribution >= 0.6 is 0 Å². The average Bonchev–Trinajstić information content (AvgIpc) is 3.33. The first-order valence-corrected chi connectivity index (χ1v) is 9.69. The second kappa shape index (κ2) is 8.68. The van der Waals surface area contributed by atoms with Gasteiger partial charge < -0.3 is 14.2 Å². The van der Waals surface area contributed by atoms with Gasteiger partial charge in [0.1, 0.15) is 5.69 Å². The van der Waals surface area contributed by atoms with Gasteiger partial charge in [-0.25, -0.2) is 0 Å². The Morgan fingerprint density at radius 3 is 2.31 bits per heavy atom. The molecule has 4 rings (SSSR count). The van der Waals surface area contributed by atoms with E-state index in [2.05, 4.69) is 15.1 Å². The number of piperazine rings is 1. The largest absolute Gasteiger partial charge is 0.463 e. The van der Waals surface area contributed by atoms with Crippen molar-refractivity contribution in [3.05, 3.63) is 66.4 Å². The van der Waals surface area contributed by atoms with Crippen molar-refractivity contribution < 1.29 is 14.0 Å². The van der Waals surface area contributed by atoms with E-state index in [1.165, 1.54) is 0 Å². The van der Waals surface area contributed by atoms with Crippen molar-refractivity contribution >= 4 is 17.5 Å². The first-order chi connectivity index (χ1) is 14.2. The number of nitrogens with zero attached hydrogens (tertiary/aromatic N) is 4. The smallest absolute Gasteiger partial charge is 0.223 e. The molecule has 29 heavy (non-hydrogen) atoms. The minimum atomic E-state index is 0.00417. The fraction of sp³-hybridized carbons (Fsp3) is 0.273. The molecule has 148 valence electrons. The van der Waals surface area contributed by atoms with Gasteiger partial charge in [-0.05, 0) is 24.3 Å². The molecule has 3 aromatic rings. The topological polar surface area (TPSA) is 79.5 Å². The maximum absolute atomic E-state index is 12.5. The number of ketones is 1. The van der Waals surface area contributed by atoms with Crippen molar-refractivity contribution in [1.29, 1.82) is 0 Å². The van der Waals surface area contributed by atoms with Gasteiger partial charge in [-0.1, -0.05) is 30.3 Å². The zero-order chi connectivity index (χ0) is 20.1. The number of hydrogen-bond donors (Lipinski definition) is 0. The number of furan rings is 1. The van der Waals surface area contributed by atoms with Crippen molar-refractivity contribution in [3.63, 3.8) is 0 Å². The molecule has 1 amide bonds. The maximum atomic E-state index is 12.5. The van der Waals surface area contributed by atoms with Crippen LogP contribution in [0, 0.1) is 0 Å². The highest BCUT2D eigenvalue weighted by molar-refractivity contribution is 5.97. The molecule has 7 nitrogen and oxygen atoms in total. The number of rotatable bonds is 6. The second-order valence-corrected chi connectivity index (χ2v) is 6.91. The molecule has 3 heterocycles. The van der Waals surface area contributed by atoms with Gasteiger partial charge in [-0.3, -0.25) is 9.59 Å². The molecule has 0 N–H and O–H groups in total. The Balaban J connectivity index is 1.26. The zero-order valence-corrected chi connectivity index (χ0v) is 16.0. The summed E-state index contributed by atoms with van der Waals surface area (Å²) in [6.07, 6.45) is 2.09. The molecule has 2 aromatic heterocycles. The number of carbonyl (C=O) groups excluding carboxylic acids is 2. The number of carbonyl (C=O) groups is 2. The lowest BCUT2D eigenvalue weighted by Crippen LogP contribution is -2.49. The number of hydrogen-bond acceptors (Lipinski definition) is 6. The number of amides is 1. The van der Waals surface area contributed by atoms with Gasteiger partial charge in [0.15, 0.2) is 17.4 Å². The molecule has 0 bridgehead atoms. The van der Waals surface area contributed by atoms with Gasteiger partial charge >= 0.3 is 0 Å². The van der Waals surface area contributed by atoms with Gasteiger partial charge in [0.25, 0.3) is 0 Å². The summed E-state index contributed by atoms with van der Waals surface area (Å²) in [7, 11) is 0. The standard InChI is InChI=1S/C22H22N4O3/c27-19(17-5-2-1-3-6-17)9-11-22(28)26-14-12-25(13-15-26)21-10-8-18(23-24-21)20-7-4-16-29-20/h1-8,10,16H,9,11-15H2. The molecule has 0 atom stereocenters. The highest BCUT2D eigenvalue weighted by atomic mass is 16.3. The van der Waals surface area contributed by atoms with Crippen molar-refractivity contribution in [1.82, 2.24) is 15.1 Å². The van der Waals surface area contributed by atoms with E-state index in [-0.39, 0.29) is 24.5 Å². The predicted octanol–water partition coefficient (Wildman–Crippen LogP) is 3.05. The van der Waals surface area contributed by atoms with Gasteiger partial charge in [0, 0.05) is 44.6 Å². The van der Waals surface area contributed by atoms with Crippen LogP contribution in [-0.4, -0.2) is 53.0 Å². The molecule has 1 aliphatic heterocycles. The number of benzene rings is 1. The van der Waals surface area contributed by atoms with Gasteiger partial charge in [0.05, 0.1) is 6.26 Å². The quantitative estimate of drug-likeness (QED) is 0.602. The van der Waals surface area contributed by atoms with Crippen molar-refractivity contribution in [2.45, 2.75) is 12.8 Å². The molecule has 1 aliphatic rings. The van der Waals surface area contributed by atoms with Crippen molar-refractivity contribution in [3.8, 4) is 11.5 Å². The molecule has 0 aliphatic carbocycles. The molecule has 7 heteroatoms. The first kappa shape index (κ1) is 18.9. The molecule has 0 spiro atoms. The van der Waals surface area contributed by atoms with E-state index in [4.69, 9.17) is 4.42 Å². The predicted molar refractivity (Wildman–Crippen MR) is 109 cm³/mol. The minimum absolute atomic E-state index is 0.00417. The summed E-state index contributed by atoms with van der Waals surface area (Å²) in [5.74, 6) is 1.49. The highest BCUT2D eigenvalue weighted by Gasteiger charge is 2.22. The Bertz CT molecular complexity index is 947. The summed E-state index contributed by atoms with van der Waals surface area (Å²) in [6.45, 7) is 2.60. The van der Waals surface area contributed by atoms with E-state index in [1.54, 1.807) is 18.4 Å². The van der Waals surface area contributed by atoms with Gasteiger partial charge in [0.2, 0.25) is 5.91 Å². The van der Waals surface area contributed by atoms with E-state index in [0.29, 0.717) is 43.2 Å². The Kier molecular flexibility index (Phi) is 5.65. The Morgan fingerprint density at radius 2 is 1.66 bits per heavy atom. The number of anilines is 1. The molecule has 1 saturated heterocycles. The van der Waals surface area contributed by atoms with Crippen LogP contribution in [0.1, 0.15) is 23.2 Å². The second-order valence-electron chi connectivity index (χ2n) is 6.91. The number of Topliss-reactive ketones (excluding diaryl/α,β-unsaturated/α-hetero) is 1. The highest BCUT2D eigenvalue weighted by Crippen LogP contribution is 2.20. The summed E-state index contributed by atoms with van der Waals surface area (Å²) in [5.41, 5.74) is 1.34. The summed E-state index contributed by atoms with van der Waals surface area (Å²) >= 11 is 0. The van der Waals surface area contributed by atoms with Crippen molar-refractivity contribution in [2.75, 3.05) is 31.1 Å². The van der Waals surface area contributed by atoms with E-state index in [9.17, 15) is 9.59 Å². The van der Waals surface area contributed by atoms with Crippen LogP contribution < -0.4 is 4.90 Å². The van der Waals surface area contributed by atoms with E-state index in [0.717, 1.165) is 5.82 Å². The normalized spacial score (nSPS) is 14.1. The fourth-order valence-electron chi connectivity index (χ4n) is 3.38. The lowest BCUT2D eigenvalue weighted by atomic mass is 10.1. The third kappa shape index (κ3) is 4.51. The molecular weight excluding hydrogens is 368 g/mol. The van der Waals surface area contributed by atoms with E-state index in [1.807, 2.05) is 47.4 Å². The SMILES string of the molecule is O=C(CCC(=O)N1CCN(c2ccc(-c3ccco3)nn2)CC1)c1ccccc1. The van der Waals surface area contributed by atoms with Crippen LogP contribution in [0.5, 0.6) is 0 Å². The minimum Gasteiger partial charge on any atom is -0.463 e. The summed E-state index contributed by atoms with van der Waals surface area (Å²) in [4.78, 5) is 28.6. The third-order valence-electron chi connectivity index (χ3n) is 5.04.